The first-order valence-corrected chi connectivity index (χ1v) is 11.9. The Labute approximate surface area is 211 Å². The Bertz CT molecular complexity index is 1300. The van der Waals surface area contributed by atoms with Crippen LogP contribution in [0.4, 0.5) is 11.4 Å². The smallest absolute Gasteiger partial charge is 0.311 e. The number of aryl methyl sites for hydroxylation is 4. The van der Waals surface area contributed by atoms with Gasteiger partial charge in [0.1, 0.15) is 11.5 Å². The van der Waals surface area contributed by atoms with Gasteiger partial charge in [0.05, 0.1) is 5.92 Å². The van der Waals surface area contributed by atoms with E-state index in [-0.39, 0.29) is 18.9 Å². The van der Waals surface area contributed by atoms with E-state index in [4.69, 9.17) is 9.47 Å². The molecule has 4 rings (SSSR count). The summed E-state index contributed by atoms with van der Waals surface area (Å²) in [5.41, 5.74) is 5.64. The normalized spacial score (nSPS) is 15.1. The summed E-state index contributed by atoms with van der Waals surface area (Å²) >= 11 is 0. The van der Waals surface area contributed by atoms with Crippen LogP contribution in [0.3, 0.4) is 0 Å². The van der Waals surface area contributed by atoms with Crippen molar-refractivity contribution >= 4 is 29.2 Å². The van der Waals surface area contributed by atoms with Crippen LogP contribution in [-0.2, 0) is 19.1 Å². The Morgan fingerprint density at radius 1 is 0.889 bits per heavy atom. The number of hydrogen-bond acceptors (Lipinski definition) is 5. The van der Waals surface area contributed by atoms with Gasteiger partial charge in [-0.15, -0.1) is 0 Å². The molecule has 2 amide bonds. The van der Waals surface area contributed by atoms with E-state index in [1.807, 2.05) is 64.1 Å². The predicted octanol–water partition coefficient (Wildman–Crippen LogP) is 5.25. The molecular weight excluding hydrogens is 456 g/mol. The van der Waals surface area contributed by atoms with Gasteiger partial charge in [-0.25, -0.2) is 0 Å². The van der Waals surface area contributed by atoms with Crippen LogP contribution in [0.2, 0.25) is 0 Å². The predicted molar refractivity (Wildman–Crippen MR) is 138 cm³/mol. The van der Waals surface area contributed by atoms with E-state index in [1.54, 1.807) is 29.2 Å². The minimum absolute atomic E-state index is 0.0400. The molecule has 1 N–H and O–H groups in total. The number of ether oxygens (including phenoxy) is 2. The molecule has 1 fully saturated rings. The fourth-order valence-electron chi connectivity index (χ4n) is 4.03. The molecule has 0 unspecified atom stereocenters. The van der Waals surface area contributed by atoms with E-state index < -0.39 is 24.4 Å². The lowest BCUT2D eigenvalue weighted by molar-refractivity contribution is -0.151. The molecule has 36 heavy (non-hydrogen) atoms. The molecule has 1 atom stereocenters. The molecule has 0 spiro atoms. The Morgan fingerprint density at radius 2 is 1.58 bits per heavy atom. The zero-order valence-corrected chi connectivity index (χ0v) is 21.0. The number of rotatable bonds is 7. The van der Waals surface area contributed by atoms with Crippen LogP contribution in [0.5, 0.6) is 11.5 Å². The second-order valence-electron chi connectivity index (χ2n) is 9.22. The summed E-state index contributed by atoms with van der Waals surface area (Å²) in [5.74, 6) is -0.377. The van der Waals surface area contributed by atoms with E-state index in [0.717, 1.165) is 22.4 Å². The number of hydrogen-bond donors (Lipinski definition) is 1. The molecule has 0 bridgehead atoms. The van der Waals surface area contributed by atoms with Gasteiger partial charge in [0.25, 0.3) is 5.91 Å². The van der Waals surface area contributed by atoms with Crippen molar-refractivity contribution in [2.75, 3.05) is 23.4 Å². The summed E-state index contributed by atoms with van der Waals surface area (Å²) < 4.78 is 11.1. The van der Waals surface area contributed by atoms with Gasteiger partial charge in [0.2, 0.25) is 5.91 Å². The highest BCUT2D eigenvalue weighted by atomic mass is 16.5. The van der Waals surface area contributed by atoms with E-state index in [0.29, 0.717) is 17.1 Å². The molecule has 7 heteroatoms. The summed E-state index contributed by atoms with van der Waals surface area (Å²) in [6, 6.07) is 18.8. The average Bonchev–Trinajstić information content (AvgIpc) is 3.24. The lowest BCUT2D eigenvalue weighted by atomic mass is 10.1. The van der Waals surface area contributed by atoms with Crippen molar-refractivity contribution in [1.82, 2.24) is 0 Å². The van der Waals surface area contributed by atoms with Crippen LogP contribution in [0, 0.1) is 33.6 Å². The molecule has 1 heterocycles. The van der Waals surface area contributed by atoms with Crippen molar-refractivity contribution in [3.8, 4) is 11.5 Å². The van der Waals surface area contributed by atoms with Crippen LogP contribution in [0.25, 0.3) is 0 Å². The molecule has 186 valence electrons. The maximum absolute atomic E-state index is 12.6. The van der Waals surface area contributed by atoms with Gasteiger partial charge in [-0.2, -0.15) is 0 Å². The number of amides is 2. The Balaban J connectivity index is 1.30. The van der Waals surface area contributed by atoms with Crippen molar-refractivity contribution < 1.29 is 23.9 Å². The maximum Gasteiger partial charge on any atom is 0.311 e. The molecule has 0 aliphatic carbocycles. The standard InChI is InChI=1S/C29H30N2O5/c1-18-5-6-20(3)26(13-18)30-27(32)17-35-29(34)22-15-28(33)31(16-22)23-8-11-24(12-9-23)36-25-10-7-19(2)21(4)14-25/h5-14,22H,15-17H2,1-4H3,(H,30,32)/t22-/m0/s1. The summed E-state index contributed by atoms with van der Waals surface area (Å²) in [5, 5.41) is 2.76. The third kappa shape index (κ3) is 5.92. The van der Waals surface area contributed by atoms with Gasteiger partial charge >= 0.3 is 5.97 Å². The highest BCUT2D eigenvalue weighted by Gasteiger charge is 2.36. The monoisotopic (exact) mass is 486 g/mol. The lowest BCUT2D eigenvalue weighted by Gasteiger charge is -2.17. The van der Waals surface area contributed by atoms with Gasteiger partial charge in [-0.05, 0) is 92.4 Å². The van der Waals surface area contributed by atoms with Crippen LogP contribution >= 0.6 is 0 Å². The van der Waals surface area contributed by atoms with Crippen LogP contribution in [-0.4, -0.2) is 30.9 Å². The Morgan fingerprint density at radius 3 is 2.31 bits per heavy atom. The number of benzene rings is 3. The van der Waals surface area contributed by atoms with Crippen molar-refractivity contribution in [1.29, 1.82) is 0 Å². The number of carbonyl (C=O) groups is 3. The third-order valence-electron chi connectivity index (χ3n) is 6.33. The lowest BCUT2D eigenvalue weighted by Crippen LogP contribution is -2.28. The molecule has 3 aromatic rings. The average molecular weight is 487 g/mol. The molecule has 0 radical (unpaired) electrons. The highest BCUT2D eigenvalue weighted by molar-refractivity contribution is 6.00. The van der Waals surface area contributed by atoms with Crippen molar-refractivity contribution in [3.63, 3.8) is 0 Å². The first-order valence-electron chi connectivity index (χ1n) is 11.9. The number of nitrogens with zero attached hydrogens (tertiary/aromatic N) is 1. The van der Waals surface area contributed by atoms with Crippen molar-refractivity contribution in [3.05, 3.63) is 82.9 Å². The summed E-state index contributed by atoms with van der Waals surface area (Å²) in [4.78, 5) is 39.0. The zero-order valence-electron chi connectivity index (χ0n) is 21.0. The topological polar surface area (TPSA) is 84.9 Å². The van der Waals surface area contributed by atoms with E-state index in [2.05, 4.69) is 5.32 Å². The van der Waals surface area contributed by atoms with Crippen LogP contribution in [0.1, 0.15) is 28.7 Å². The number of nitrogens with one attached hydrogen (secondary N) is 1. The highest BCUT2D eigenvalue weighted by Crippen LogP contribution is 2.30. The summed E-state index contributed by atoms with van der Waals surface area (Å²) in [7, 11) is 0. The van der Waals surface area contributed by atoms with Crippen LogP contribution < -0.4 is 15.0 Å². The molecule has 1 aliphatic rings. The molecule has 1 aliphatic heterocycles. The molecule has 0 aromatic heterocycles. The van der Waals surface area contributed by atoms with Gasteiger partial charge in [-0.1, -0.05) is 18.2 Å². The van der Waals surface area contributed by atoms with Crippen molar-refractivity contribution in [2.45, 2.75) is 34.1 Å². The number of anilines is 2. The molecule has 3 aromatic carbocycles. The maximum atomic E-state index is 12.6. The van der Waals surface area contributed by atoms with E-state index in [1.165, 1.54) is 5.56 Å². The largest absolute Gasteiger partial charge is 0.457 e. The van der Waals surface area contributed by atoms with E-state index >= 15 is 0 Å². The minimum atomic E-state index is -0.627. The second kappa shape index (κ2) is 10.6. The first kappa shape index (κ1) is 25.0. The van der Waals surface area contributed by atoms with Gasteiger partial charge in [0.15, 0.2) is 6.61 Å². The zero-order chi connectivity index (χ0) is 25.8. The number of carbonyl (C=O) groups excluding carboxylic acids is 3. The summed E-state index contributed by atoms with van der Waals surface area (Å²) in [6.45, 7) is 7.70. The fraction of sp³-hybridized carbons (Fsp3) is 0.276. The SMILES string of the molecule is Cc1ccc(C)c(NC(=O)COC(=O)[C@H]2CC(=O)N(c3ccc(Oc4ccc(C)c(C)c4)cc3)C2)c1. The van der Waals surface area contributed by atoms with Gasteiger partial charge in [-0.3, -0.25) is 14.4 Å². The second-order valence-corrected chi connectivity index (χ2v) is 9.22. The Hall–Kier alpha value is -4.13. The fourth-order valence-corrected chi connectivity index (χ4v) is 4.03. The molecular formula is C29H30N2O5. The quantitative estimate of drug-likeness (QED) is 0.461. The Kier molecular flexibility index (Phi) is 7.38. The summed E-state index contributed by atoms with van der Waals surface area (Å²) in [6.07, 6.45) is 0.0400. The molecule has 0 saturated carbocycles. The van der Waals surface area contributed by atoms with Gasteiger partial charge < -0.3 is 19.7 Å². The van der Waals surface area contributed by atoms with Gasteiger partial charge in [0, 0.05) is 24.3 Å². The third-order valence-corrected chi connectivity index (χ3v) is 6.33. The first-order chi connectivity index (χ1) is 17.2. The minimum Gasteiger partial charge on any atom is -0.457 e. The number of esters is 1. The molecule has 1 saturated heterocycles. The van der Waals surface area contributed by atoms with Crippen LogP contribution in [0.15, 0.2) is 60.7 Å². The van der Waals surface area contributed by atoms with Crippen molar-refractivity contribution in [2.24, 2.45) is 5.92 Å². The molecule has 7 nitrogen and oxygen atoms in total. The van der Waals surface area contributed by atoms with E-state index in [9.17, 15) is 14.4 Å².